The summed E-state index contributed by atoms with van der Waals surface area (Å²) in [5.41, 5.74) is 7.29. The van der Waals surface area contributed by atoms with E-state index in [4.69, 9.17) is 0 Å². The average molecular weight is 1170 g/mol. The maximum atomic E-state index is 4.36. The minimum atomic E-state index is -0.350. The van der Waals surface area contributed by atoms with E-state index in [0.717, 1.165) is 6.42 Å². The molecule has 68 heavy (non-hydrogen) atoms. The molecule has 0 amide bonds. The predicted octanol–water partition coefficient (Wildman–Crippen LogP) is 21.9. The molecule has 0 saturated carbocycles. The molecular weight excluding hydrogens is 1100 g/mol. The van der Waals surface area contributed by atoms with Crippen molar-refractivity contribution in [3.63, 3.8) is 0 Å². The summed E-state index contributed by atoms with van der Waals surface area (Å²) in [5, 5.41) is 0. The summed E-state index contributed by atoms with van der Waals surface area (Å²) in [6.07, 6.45) is 3.51. The third-order valence-electron chi connectivity index (χ3n) is 14.7. The Bertz CT molecular complexity index is 2820. The second-order valence-corrected chi connectivity index (χ2v) is 38.1. The summed E-state index contributed by atoms with van der Waals surface area (Å²) in [4.78, 5) is 27.4. The van der Waals surface area contributed by atoms with Gasteiger partial charge in [-0.3, -0.25) is 0 Å². The molecule has 10 rings (SSSR count). The zero-order chi connectivity index (χ0) is 48.6. The van der Waals surface area contributed by atoms with Gasteiger partial charge in [-0.2, -0.15) is 0 Å². The third-order valence-corrected chi connectivity index (χ3v) is 35.4. The van der Waals surface area contributed by atoms with Gasteiger partial charge in [-0.1, -0.05) is 197 Å². The van der Waals surface area contributed by atoms with Crippen molar-refractivity contribution in [2.45, 2.75) is 181 Å². The van der Waals surface area contributed by atoms with E-state index < -0.39 is 0 Å². The molecule has 3 aromatic heterocycles. The van der Waals surface area contributed by atoms with E-state index in [1.54, 1.807) is 0 Å². The van der Waals surface area contributed by atoms with Gasteiger partial charge in [-0.15, -0.1) is 23.5 Å². The lowest BCUT2D eigenvalue weighted by molar-refractivity contribution is 0.216. The van der Waals surface area contributed by atoms with Crippen LogP contribution in [0.3, 0.4) is 0 Å². The normalized spacial score (nSPS) is 27.2. The number of H-pyrrole nitrogens is 3. The topological polar surface area (TPSA) is 47.4 Å². The Morgan fingerprint density at radius 3 is 0.985 bits per heavy atom. The summed E-state index contributed by atoms with van der Waals surface area (Å²) in [5.74, 6) is 3.18. The number of rotatable bonds is 6. The Morgan fingerprint density at radius 1 is 0.397 bits per heavy atom. The SMILES string of the molecule is CCCSC1=C(C)S/C(=C2\Sc3c4[nH]c(c3S2)C(C)(C)c2[nH]c(c3c2S/C(=C2\SC(C)=C(SCCC)S2)S3)C(C)(C)C(C)CC(C)C(C)(C)c2[nH]c(c3c2SC(=C2SC(C)=C(C)S2)S3)C4(C)C)S1. The lowest BCUT2D eigenvalue weighted by Crippen LogP contribution is -2.35. The molecule has 0 radical (unpaired) electrons. The lowest BCUT2D eigenvalue weighted by Gasteiger charge is -2.39. The van der Waals surface area contributed by atoms with Crippen molar-refractivity contribution in [1.29, 1.82) is 0 Å². The minimum absolute atomic E-state index is 0.101. The van der Waals surface area contributed by atoms with Crippen LogP contribution in [-0.4, -0.2) is 26.5 Å². The summed E-state index contributed by atoms with van der Waals surface area (Å²) in [6, 6.07) is 0. The fourth-order valence-electron chi connectivity index (χ4n) is 9.44. The smallest absolute Gasteiger partial charge is 0.0708 e. The van der Waals surface area contributed by atoms with Crippen LogP contribution < -0.4 is 0 Å². The quantitative estimate of drug-likeness (QED) is 0.220. The molecule has 7 aliphatic rings. The van der Waals surface area contributed by atoms with Crippen LogP contribution >= 0.6 is 165 Å². The van der Waals surface area contributed by atoms with E-state index in [-0.39, 0.29) is 21.7 Å². The molecule has 0 aliphatic carbocycles. The van der Waals surface area contributed by atoms with Gasteiger partial charge in [0.2, 0.25) is 0 Å². The van der Waals surface area contributed by atoms with E-state index in [1.807, 2.05) is 165 Å². The van der Waals surface area contributed by atoms with Gasteiger partial charge in [-0.25, -0.2) is 0 Å². The zero-order valence-electron chi connectivity index (χ0n) is 41.9. The third kappa shape index (κ3) is 8.96. The Morgan fingerprint density at radius 2 is 0.662 bits per heavy atom. The molecule has 6 bridgehead atoms. The predicted molar refractivity (Wildman–Crippen MR) is 327 cm³/mol. The number of aromatic nitrogens is 3. The van der Waals surface area contributed by atoms with E-state index in [1.165, 1.54) is 141 Å². The van der Waals surface area contributed by atoms with E-state index in [9.17, 15) is 0 Å². The van der Waals surface area contributed by atoms with E-state index >= 15 is 0 Å². The Kier molecular flexibility index (Phi) is 15.2. The largest absolute Gasteiger partial charge is 0.359 e. The van der Waals surface area contributed by atoms with Gasteiger partial charge in [0.15, 0.2) is 0 Å². The van der Waals surface area contributed by atoms with Crippen LogP contribution in [0.1, 0.15) is 164 Å². The van der Waals surface area contributed by atoms with Crippen LogP contribution in [0.2, 0.25) is 0 Å². The standard InChI is InChI=1S/C51H63N3S14/c1-17-19-55-40-26(7)59-43(67-40)46-62-29-31(64-46)37-51(15,16)39-33-32(65-47(66-33)44-60-27(8)41(68-44)56-20-18-2)38(54-39)50(13,14)36-30-28(61-45(63-30)42-57-24(5)25(6)58-42)34(52-36)48(9,10)22(3)21-23(4)49(11,12)35(29)53-37/h22-23,52-54H,17-21H2,1-16H3/b46-43+,47-44-. The van der Waals surface area contributed by atoms with Crippen molar-refractivity contribution in [2.75, 3.05) is 11.5 Å². The molecule has 7 aliphatic heterocycles. The number of hydrogen-bond donors (Lipinski definition) is 3. The Labute approximate surface area is 466 Å². The molecule has 0 fully saturated rings. The summed E-state index contributed by atoms with van der Waals surface area (Å²) < 4.78 is 11.7. The van der Waals surface area contributed by atoms with Crippen molar-refractivity contribution in [3.05, 3.63) is 87.7 Å². The van der Waals surface area contributed by atoms with Gasteiger partial charge in [0.1, 0.15) is 0 Å². The van der Waals surface area contributed by atoms with E-state index in [0.29, 0.717) is 11.8 Å². The lowest BCUT2D eigenvalue weighted by atomic mass is 9.67. The van der Waals surface area contributed by atoms with Crippen LogP contribution in [0.4, 0.5) is 0 Å². The molecule has 10 heterocycles. The Hall–Kier alpha value is 1.18. The van der Waals surface area contributed by atoms with Crippen molar-refractivity contribution in [1.82, 2.24) is 15.0 Å². The number of hydrogen-bond acceptors (Lipinski definition) is 14. The monoisotopic (exact) mass is 1170 g/mol. The van der Waals surface area contributed by atoms with E-state index in [2.05, 4.69) is 126 Å². The molecule has 2 unspecified atom stereocenters. The van der Waals surface area contributed by atoms with Gasteiger partial charge in [0.25, 0.3) is 0 Å². The number of allylic oxidation sites excluding steroid dienone is 4. The maximum Gasteiger partial charge on any atom is 0.0708 e. The molecule has 2 atom stereocenters. The van der Waals surface area contributed by atoms with Gasteiger partial charge >= 0.3 is 0 Å². The molecule has 3 nitrogen and oxygen atoms in total. The first kappa shape index (κ1) is 52.6. The molecule has 3 N–H and O–H groups in total. The molecule has 0 aromatic carbocycles. The molecule has 366 valence electrons. The van der Waals surface area contributed by atoms with Crippen molar-refractivity contribution in [3.8, 4) is 0 Å². The first-order valence-corrected chi connectivity index (χ1v) is 35.4. The number of fused-ring (bicyclic) bond motifs is 15. The second-order valence-electron chi connectivity index (χ2n) is 20.8. The van der Waals surface area contributed by atoms with Crippen LogP contribution in [0.15, 0.2) is 82.9 Å². The summed E-state index contributed by atoms with van der Waals surface area (Å²) in [6.45, 7) is 39.0. The summed E-state index contributed by atoms with van der Waals surface area (Å²) in [7, 11) is 0. The highest BCUT2D eigenvalue weighted by Gasteiger charge is 2.49. The first-order valence-electron chi connectivity index (χ1n) is 23.6. The van der Waals surface area contributed by atoms with Crippen LogP contribution in [0.25, 0.3) is 0 Å². The summed E-state index contributed by atoms with van der Waals surface area (Å²) >= 11 is 28.3. The van der Waals surface area contributed by atoms with Crippen molar-refractivity contribution in [2.24, 2.45) is 11.8 Å². The number of aromatic amines is 3. The fraction of sp³-hybridized carbons (Fsp3) is 0.529. The maximum absolute atomic E-state index is 4.36. The number of thioether (sulfide) groups is 14. The van der Waals surface area contributed by atoms with Crippen molar-refractivity contribution >= 4 is 165 Å². The van der Waals surface area contributed by atoms with Gasteiger partial charge in [-0.05, 0) is 108 Å². The molecule has 17 heteroatoms. The highest BCUT2D eigenvalue weighted by atomic mass is 32.2. The average Bonchev–Trinajstić information content (AvgIpc) is 4.12. The molecule has 0 saturated heterocycles. The number of nitrogens with one attached hydrogen (secondary N) is 3. The van der Waals surface area contributed by atoms with Crippen LogP contribution in [-0.2, 0) is 21.7 Å². The highest BCUT2D eigenvalue weighted by Crippen LogP contribution is 2.70. The van der Waals surface area contributed by atoms with Crippen LogP contribution in [0, 0.1) is 11.8 Å². The van der Waals surface area contributed by atoms with Gasteiger partial charge < -0.3 is 15.0 Å². The van der Waals surface area contributed by atoms with Gasteiger partial charge in [0, 0.05) is 95.0 Å². The second kappa shape index (κ2) is 19.6. The van der Waals surface area contributed by atoms with Crippen molar-refractivity contribution < 1.29 is 0 Å². The van der Waals surface area contributed by atoms with Crippen LogP contribution in [0.5, 0.6) is 0 Å². The zero-order valence-corrected chi connectivity index (χ0v) is 53.3. The minimum Gasteiger partial charge on any atom is -0.359 e. The fourth-order valence-corrected chi connectivity index (χ4v) is 30.0. The molecular formula is C51H63N3S14. The highest BCUT2D eigenvalue weighted by molar-refractivity contribution is 8.38. The molecule has 3 aromatic rings. The van der Waals surface area contributed by atoms with Gasteiger partial charge in [0.05, 0.1) is 33.9 Å². The first-order chi connectivity index (χ1) is 32.1. The molecule has 0 spiro atoms. The Balaban J connectivity index is 1.16.